The summed E-state index contributed by atoms with van der Waals surface area (Å²) in [6.45, 7) is 3.87. The number of amides is 1. The summed E-state index contributed by atoms with van der Waals surface area (Å²) in [7, 11) is 0. The van der Waals surface area contributed by atoms with Gasteiger partial charge in [0.2, 0.25) is 0 Å². The fraction of sp³-hybridized carbons (Fsp3) is 0.545. The van der Waals surface area contributed by atoms with E-state index in [4.69, 9.17) is 9.84 Å². The van der Waals surface area contributed by atoms with Crippen LogP contribution in [0.25, 0.3) is 0 Å². The quantitative estimate of drug-likeness (QED) is 0.827. The van der Waals surface area contributed by atoms with Crippen molar-refractivity contribution in [2.24, 2.45) is 0 Å². The number of hydrogen-bond donors (Lipinski definition) is 2. The molecule has 0 aliphatic carbocycles. The van der Waals surface area contributed by atoms with Crippen LogP contribution in [0.3, 0.4) is 0 Å². The smallest absolute Gasteiger partial charge is 0.407 e. The number of carbonyl (C=O) groups excluding carboxylic acids is 1. The molecule has 1 amide bonds. The summed E-state index contributed by atoms with van der Waals surface area (Å²) in [5.74, 6) is 0. The number of aliphatic hydroxyl groups is 1. The van der Waals surface area contributed by atoms with Crippen LogP contribution in [0.5, 0.6) is 0 Å². The Kier molecular flexibility index (Phi) is 5.28. The lowest BCUT2D eigenvalue weighted by Crippen LogP contribution is -2.34. The normalized spacial score (nSPS) is 12.2. The summed E-state index contributed by atoms with van der Waals surface area (Å²) in [6.07, 6.45) is 0.321. The number of alkyl carbamates (subject to hydrolysis) is 1. The number of aliphatic hydroxyl groups excluding tert-OH is 1. The van der Waals surface area contributed by atoms with Crippen molar-refractivity contribution in [2.75, 3.05) is 13.2 Å². The lowest BCUT2D eigenvalue weighted by Gasteiger charge is -2.12. The zero-order chi connectivity index (χ0) is 12.0. The largest absolute Gasteiger partial charge is 0.447 e. The highest BCUT2D eigenvalue weighted by Crippen LogP contribution is 2.16. The van der Waals surface area contributed by atoms with Gasteiger partial charge in [0.05, 0.1) is 6.61 Å². The molecule has 1 aromatic rings. The highest BCUT2D eigenvalue weighted by Gasteiger charge is 2.09. The number of aryl methyl sites for hydroxylation is 1. The first-order valence-corrected chi connectivity index (χ1v) is 6.03. The second kappa shape index (κ2) is 6.50. The van der Waals surface area contributed by atoms with Crippen molar-refractivity contribution in [3.05, 3.63) is 21.9 Å². The van der Waals surface area contributed by atoms with Crippen LogP contribution in [-0.2, 0) is 11.2 Å². The van der Waals surface area contributed by atoms with E-state index in [2.05, 4.69) is 24.4 Å². The van der Waals surface area contributed by atoms with E-state index in [1.807, 2.05) is 6.92 Å². The van der Waals surface area contributed by atoms with Crippen LogP contribution in [0.4, 0.5) is 4.79 Å². The standard InChI is InChI=1S/C11H17NO3S/c1-8(12-11(14)15-6-5-13)7-10-4-3-9(2)16-10/h3-4,8,13H,5-7H2,1-2H3,(H,12,14). The van der Waals surface area contributed by atoms with Crippen LogP contribution >= 0.6 is 11.3 Å². The molecule has 0 fully saturated rings. The highest BCUT2D eigenvalue weighted by atomic mass is 32.1. The first-order chi connectivity index (χ1) is 7.61. The SMILES string of the molecule is Cc1ccc(CC(C)NC(=O)OCCO)s1. The second-order valence-electron chi connectivity index (χ2n) is 3.62. The van der Waals surface area contributed by atoms with Crippen LogP contribution in [0.1, 0.15) is 16.7 Å². The lowest BCUT2D eigenvalue weighted by atomic mass is 10.2. The fourth-order valence-corrected chi connectivity index (χ4v) is 2.35. The van der Waals surface area contributed by atoms with Crippen LogP contribution in [0.2, 0.25) is 0 Å². The molecule has 1 rings (SSSR count). The van der Waals surface area contributed by atoms with Crippen LogP contribution in [0, 0.1) is 6.92 Å². The molecule has 0 saturated carbocycles. The fourth-order valence-electron chi connectivity index (χ4n) is 1.33. The van der Waals surface area contributed by atoms with Crippen molar-refractivity contribution in [2.45, 2.75) is 26.3 Å². The zero-order valence-corrected chi connectivity index (χ0v) is 10.3. The van der Waals surface area contributed by atoms with Crippen LogP contribution in [0.15, 0.2) is 12.1 Å². The summed E-state index contributed by atoms with van der Waals surface area (Å²) < 4.78 is 4.71. The van der Waals surface area contributed by atoms with E-state index in [1.54, 1.807) is 11.3 Å². The summed E-state index contributed by atoms with van der Waals surface area (Å²) in [5, 5.41) is 11.2. The number of rotatable bonds is 5. The highest BCUT2D eigenvalue weighted by molar-refractivity contribution is 7.11. The number of hydrogen-bond acceptors (Lipinski definition) is 4. The van der Waals surface area contributed by atoms with Crippen molar-refractivity contribution in [1.82, 2.24) is 5.32 Å². The van der Waals surface area contributed by atoms with Gasteiger partial charge in [0.1, 0.15) is 6.61 Å². The molecular formula is C11H17NO3S. The topological polar surface area (TPSA) is 58.6 Å². The number of thiophene rings is 1. The monoisotopic (exact) mass is 243 g/mol. The Balaban J connectivity index is 2.30. The zero-order valence-electron chi connectivity index (χ0n) is 9.53. The van der Waals surface area contributed by atoms with Gasteiger partial charge in [-0.2, -0.15) is 0 Å². The van der Waals surface area contributed by atoms with Crippen molar-refractivity contribution in [3.63, 3.8) is 0 Å². The molecule has 1 aromatic heterocycles. The molecule has 5 heteroatoms. The van der Waals surface area contributed by atoms with E-state index in [1.165, 1.54) is 9.75 Å². The van der Waals surface area contributed by atoms with Gasteiger partial charge >= 0.3 is 6.09 Å². The minimum atomic E-state index is -0.477. The summed E-state index contributed by atoms with van der Waals surface area (Å²) >= 11 is 1.73. The lowest BCUT2D eigenvalue weighted by molar-refractivity contribution is 0.117. The molecule has 0 aliphatic heterocycles. The van der Waals surface area contributed by atoms with Gasteiger partial charge in [0, 0.05) is 22.2 Å². The molecule has 1 atom stereocenters. The Morgan fingerprint density at radius 2 is 2.38 bits per heavy atom. The van der Waals surface area contributed by atoms with Gasteiger partial charge in [0.15, 0.2) is 0 Å². The van der Waals surface area contributed by atoms with E-state index < -0.39 is 6.09 Å². The third-order valence-electron chi connectivity index (χ3n) is 1.99. The molecule has 1 unspecified atom stereocenters. The molecule has 16 heavy (non-hydrogen) atoms. The van der Waals surface area contributed by atoms with E-state index >= 15 is 0 Å². The van der Waals surface area contributed by atoms with Crippen molar-refractivity contribution < 1.29 is 14.6 Å². The molecule has 1 heterocycles. The van der Waals surface area contributed by atoms with E-state index in [-0.39, 0.29) is 19.3 Å². The first kappa shape index (κ1) is 13.0. The Labute approximate surface area is 99.2 Å². The molecule has 4 nitrogen and oxygen atoms in total. The molecule has 0 radical (unpaired) electrons. The molecule has 0 spiro atoms. The minimum Gasteiger partial charge on any atom is -0.447 e. The van der Waals surface area contributed by atoms with Gasteiger partial charge in [-0.05, 0) is 26.0 Å². The molecule has 0 bridgehead atoms. The van der Waals surface area contributed by atoms with Gasteiger partial charge in [-0.1, -0.05) is 0 Å². The van der Waals surface area contributed by atoms with Gasteiger partial charge in [0.25, 0.3) is 0 Å². The maximum absolute atomic E-state index is 11.2. The van der Waals surface area contributed by atoms with E-state index in [0.29, 0.717) is 0 Å². The number of ether oxygens (including phenoxy) is 1. The van der Waals surface area contributed by atoms with Gasteiger partial charge in [-0.15, -0.1) is 11.3 Å². The molecule has 0 aromatic carbocycles. The average Bonchev–Trinajstić information content (AvgIpc) is 2.60. The maximum Gasteiger partial charge on any atom is 0.407 e. The Morgan fingerprint density at radius 3 is 2.94 bits per heavy atom. The molecular weight excluding hydrogens is 226 g/mol. The van der Waals surface area contributed by atoms with Crippen LogP contribution < -0.4 is 5.32 Å². The van der Waals surface area contributed by atoms with Gasteiger partial charge in [-0.25, -0.2) is 4.79 Å². The van der Waals surface area contributed by atoms with Crippen molar-refractivity contribution in [1.29, 1.82) is 0 Å². The molecule has 90 valence electrons. The Hall–Kier alpha value is -1.07. The summed E-state index contributed by atoms with van der Waals surface area (Å²) in [6, 6.07) is 4.16. The van der Waals surface area contributed by atoms with Gasteiger partial charge < -0.3 is 15.2 Å². The van der Waals surface area contributed by atoms with Crippen LogP contribution in [-0.4, -0.2) is 30.5 Å². The Bertz CT molecular complexity index is 338. The molecule has 2 N–H and O–H groups in total. The maximum atomic E-state index is 11.2. The summed E-state index contributed by atoms with van der Waals surface area (Å²) in [5.41, 5.74) is 0. The molecule has 0 saturated heterocycles. The van der Waals surface area contributed by atoms with E-state index in [9.17, 15) is 4.79 Å². The first-order valence-electron chi connectivity index (χ1n) is 5.21. The predicted octanol–water partition coefficient (Wildman–Crippen LogP) is 1.71. The summed E-state index contributed by atoms with van der Waals surface area (Å²) in [4.78, 5) is 13.7. The molecule has 0 aliphatic rings. The van der Waals surface area contributed by atoms with Crippen molar-refractivity contribution in [3.8, 4) is 0 Å². The second-order valence-corrected chi connectivity index (χ2v) is 4.99. The third-order valence-corrected chi connectivity index (χ3v) is 3.02. The van der Waals surface area contributed by atoms with E-state index in [0.717, 1.165) is 6.42 Å². The van der Waals surface area contributed by atoms with Crippen molar-refractivity contribution >= 4 is 17.4 Å². The minimum absolute atomic E-state index is 0.0317. The predicted molar refractivity (Wildman–Crippen MR) is 63.8 cm³/mol. The Morgan fingerprint density at radius 1 is 1.62 bits per heavy atom. The number of nitrogens with one attached hydrogen (secondary N) is 1. The third kappa shape index (κ3) is 4.63. The average molecular weight is 243 g/mol. The number of carbonyl (C=O) groups is 1. The van der Waals surface area contributed by atoms with Gasteiger partial charge in [-0.3, -0.25) is 0 Å².